The van der Waals surface area contributed by atoms with E-state index in [1.165, 1.54) is 48.9 Å². The second kappa shape index (κ2) is 10.0. The molecule has 1 N–H and O–H groups in total. The highest BCUT2D eigenvalue weighted by Gasteiger charge is 2.49. The number of aromatic nitrogens is 1. The summed E-state index contributed by atoms with van der Waals surface area (Å²) in [6, 6.07) is 3.40. The molecule has 5 heteroatoms. The van der Waals surface area contributed by atoms with Gasteiger partial charge < -0.3 is 15.0 Å². The van der Waals surface area contributed by atoms with Crippen LogP contribution in [0, 0.1) is 11.3 Å². The van der Waals surface area contributed by atoms with E-state index < -0.39 is 0 Å². The van der Waals surface area contributed by atoms with Gasteiger partial charge in [0.05, 0.1) is 5.41 Å². The van der Waals surface area contributed by atoms with Gasteiger partial charge in [-0.05, 0) is 67.9 Å². The molecule has 1 amide bonds. The summed E-state index contributed by atoms with van der Waals surface area (Å²) in [5.41, 5.74) is 3.69. The van der Waals surface area contributed by atoms with Crippen LogP contribution in [0.1, 0.15) is 101 Å². The van der Waals surface area contributed by atoms with Crippen LogP contribution in [0.2, 0.25) is 0 Å². The smallest absolute Gasteiger partial charge is 0.229 e. The number of hydrogen-bond acceptors (Lipinski definition) is 4. The van der Waals surface area contributed by atoms with E-state index in [9.17, 15) is 4.79 Å². The number of carbonyl (C=O) groups is 1. The number of ether oxygens (including phenoxy) is 1. The van der Waals surface area contributed by atoms with Crippen molar-refractivity contribution >= 4 is 5.91 Å². The molecule has 4 aliphatic rings. The number of nitrogens with zero attached hydrogens (tertiary/aromatic N) is 2. The van der Waals surface area contributed by atoms with E-state index in [2.05, 4.69) is 36.3 Å². The van der Waals surface area contributed by atoms with Gasteiger partial charge in [0.25, 0.3) is 0 Å². The largest absolute Gasteiger partial charge is 0.381 e. The van der Waals surface area contributed by atoms with Crippen LogP contribution in [-0.2, 0) is 22.5 Å². The zero-order valence-electron chi connectivity index (χ0n) is 20.8. The molecule has 182 valence electrons. The summed E-state index contributed by atoms with van der Waals surface area (Å²) in [7, 11) is 0. The number of nitrogens with one attached hydrogen (secondary N) is 1. The van der Waals surface area contributed by atoms with E-state index in [0.29, 0.717) is 29.8 Å². The van der Waals surface area contributed by atoms with E-state index in [4.69, 9.17) is 9.72 Å². The fourth-order valence-corrected chi connectivity index (χ4v) is 6.97. The molecule has 1 aromatic rings. The summed E-state index contributed by atoms with van der Waals surface area (Å²) in [4.78, 5) is 21.1. The molecule has 5 nitrogen and oxygen atoms in total. The molecule has 3 heterocycles. The third kappa shape index (κ3) is 4.86. The minimum absolute atomic E-state index is 0.227. The Kier molecular flexibility index (Phi) is 7.08. The molecule has 2 atom stereocenters. The summed E-state index contributed by atoms with van der Waals surface area (Å²) in [5.74, 6) is 1.42. The van der Waals surface area contributed by atoms with Gasteiger partial charge in [0, 0.05) is 56.7 Å². The Labute approximate surface area is 200 Å². The molecule has 2 aliphatic heterocycles. The number of carbonyl (C=O) groups excluding carboxylic acids is 1. The number of hydrogen-bond donors (Lipinski definition) is 1. The summed E-state index contributed by atoms with van der Waals surface area (Å²) in [5, 5.41) is 3.88. The Morgan fingerprint density at radius 3 is 2.67 bits per heavy atom. The topological polar surface area (TPSA) is 54.5 Å². The summed E-state index contributed by atoms with van der Waals surface area (Å²) in [6.07, 6.45) is 14.9. The van der Waals surface area contributed by atoms with E-state index in [-0.39, 0.29) is 5.41 Å². The monoisotopic (exact) mass is 453 g/mol. The number of amides is 1. The molecular weight excluding hydrogens is 410 g/mol. The van der Waals surface area contributed by atoms with Crippen molar-refractivity contribution in [3.63, 3.8) is 0 Å². The Hall–Kier alpha value is -1.46. The maximum absolute atomic E-state index is 14.1. The Bertz CT molecular complexity index is 828. The molecular formula is C28H43N3O2. The van der Waals surface area contributed by atoms with Crippen LogP contribution < -0.4 is 5.32 Å². The lowest BCUT2D eigenvalue weighted by molar-refractivity contribution is -0.146. The van der Waals surface area contributed by atoms with Gasteiger partial charge in [-0.3, -0.25) is 9.78 Å². The lowest BCUT2D eigenvalue weighted by atomic mass is 9.74. The summed E-state index contributed by atoms with van der Waals surface area (Å²) < 4.78 is 5.53. The standard InChI is InChI=1S/C28H43N3O2/c1-20(2)28(12-8-25(17-28)30-24-10-14-33-15-11-24)27(32)31-13-9-26-23(19-31)16-22(18-29-26)21-6-4-3-5-7-21/h16,18,20-21,24-25,30H,3-15,17,19H2,1-2H3. The molecule has 2 saturated carbocycles. The highest BCUT2D eigenvalue weighted by molar-refractivity contribution is 5.83. The lowest BCUT2D eigenvalue weighted by Gasteiger charge is -2.40. The van der Waals surface area contributed by atoms with Crippen molar-refractivity contribution in [2.45, 2.75) is 109 Å². The van der Waals surface area contributed by atoms with E-state index in [1.54, 1.807) is 0 Å². The minimum atomic E-state index is -0.227. The van der Waals surface area contributed by atoms with E-state index >= 15 is 0 Å². The van der Waals surface area contributed by atoms with Crippen LogP contribution in [-0.4, -0.2) is 47.6 Å². The first-order chi connectivity index (χ1) is 16.0. The van der Waals surface area contributed by atoms with Gasteiger partial charge in [0.2, 0.25) is 5.91 Å². The Morgan fingerprint density at radius 1 is 1.12 bits per heavy atom. The molecule has 0 radical (unpaired) electrons. The zero-order valence-corrected chi connectivity index (χ0v) is 20.8. The molecule has 0 aromatic carbocycles. The Morgan fingerprint density at radius 2 is 1.91 bits per heavy atom. The first-order valence-corrected chi connectivity index (χ1v) is 13.7. The van der Waals surface area contributed by atoms with Gasteiger partial charge in [0.15, 0.2) is 0 Å². The fourth-order valence-electron chi connectivity index (χ4n) is 6.97. The Balaban J connectivity index is 1.28. The van der Waals surface area contributed by atoms with Gasteiger partial charge in [-0.15, -0.1) is 0 Å². The van der Waals surface area contributed by atoms with Crippen molar-refractivity contribution in [3.05, 3.63) is 29.1 Å². The van der Waals surface area contributed by atoms with Crippen molar-refractivity contribution in [1.29, 1.82) is 0 Å². The molecule has 0 bridgehead atoms. The third-order valence-corrected chi connectivity index (χ3v) is 9.20. The third-order valence-electron chi connectivity index (χ3n) is 9.20. The summed E-state index contributed by atoms with van der Waals surface area (Å²) >= 11 is 0. The first kappa shape index (κ1) is 23.3. The SMILES string of the molecule is CC(C)C1(C(=O)N2CCc3ncc(C4CCCCC4)cc3C2)CCC(NC2CCOCC2)C1. The highest BCUT2D eigenvalue weighted by atomic mass is 16.5. The number of rotatable bonds is 5. The van der Waals surface area contributed by atoms with E-state index in [0.717, 1.165) is 64.8 Å². The quantitative estimate of drug-likeness (QED) is 0.683. The molecule has 2 unspecified atom stereocenters. The molecule has 3 fully saturated rings. The van der Waals surface area contributed by atoms with Crippen LogP contribution in [0.25, 0.3) is 0 Å². The predicted octanol–water partition coefficient (Wildman–Crippen LogP) is 4.98. The predicted molar refractivity (Wildman–Crippen MR) is 131 cm³/mol. The average Bonchev–Trinajstić information content (AvgIpc) is 3.29. The second-order valence-corrected chi connectivity index (χ2v) is 11.5. The van der Waals surface area contributed by atoms with Gasteiger partial charge >= 0.3 is 0 Å². The number of fused-ring (bicyclic) bond motifs is 1. The zero-order chi connectivity index (χ0) is 22.8. The van der Waals surface area contributed by atoms with Crippen molar-refractivity contribution in [2.75, 3.05) is 19.8 Å². The lowest BCUT2D eigenvalue weighted by Crippen LogP contribution is -2.49. The van der Waals surface area contributed by atoms with Crippen molar-refractivity contribution in [1.82, 2.24) is 15.2 Å². The molecule has 0 spiro atoms. The molecule has 1 aromatic heterocycles. The minimum Gasteiger partial charge on any atom is -0.381 e. The van der Waals surface area contributed by atoms with Crippen LogP contribution >= 0.6 is 0 Å². The van der Waals surface area contributed by atoms with Crippen LogP contribution in [0.4, 0.5) is 0 Å². The van der Waals surface area contributed by atoms with Crippen LogP contribution in [0.15, 0.2) is 12.3 Å². The molecule has 1 saturated heterocycles. The normalized spacial score (nSPS) is 29.4. The molecule has 5 rings (SSSR count). The summed E-state index contributed by atoms with van der Waals surface area (Å²) in [6.45, 7) is 7.80. The number of pyridine rings is 1. The van der Waals surface area contributed by atoms with Gasteiger partial charge in [0.1, 0.15) is 0 Å². The van der Waals surface area contributed by atoms with Gasteiger partial charge in [-0.2, -0.15) is 0 Å². The van der Waals surface area contributed by atoms with E-state index in [1.807, 2.05) is 0 Å². The maximum atomic E-state index is 14.1. The van der Waals surface area contributed by atoms with Crippen LogP contribution in [0.5, 0.6) is 0 Å². The average molecular weight is 454 g/mol. The maximum Gasteiger partial charge on any atom is 0.229 e. The van der Waals surface area contributed by atoms with Crippen LogP contribution in [0.3, 0.4) is 0 Å². The van der Waals surface area contributed by atoms with Gasteiger partial charge in [-0.25, -0.2) is 0 Å². The highest BCUT2D eigenvalue weighted by Crippen LogP contribution is 2.47. The van der Waals surface area contributed by atoms with Gasteiger partial charge in [-0.1, -0.05) is 39.2 Å². The molecule has 2 aliphatic carbocycles. The first-order valence-electron chi connectivity index (χ1n) is 13.7. The second-order valence-electron chi connectivity index (χ2n) is 11.5. The fraction of sp³-hybridized carbons (Fsp3) is 0.786. The van der Waals surface area contributed by atoms with Crippen molar-refractivity contribution < 1.29 is 9.53 Å². The van der Waals surface area contributed by atoms with Crippen molar-refractivity contribution in [2.24, 2.45) is 11.3 Å². The van der Waals surface area contributed by atoms with Crippen molar-refractivity contribution in [3.8, 4) is 0 Å². The molecule has 33 heavy (non-hydrogen) atoms.